The lowest BCUT2D eigenvalue weighted by atomic mass is 10.2. The van der Waals surface area contributed by atoms with Crippen LogP contribution in [0, 0.1) is 5.82 Å². The number of ether oxygens (including phenoxy) is 1. The van der Waals surface area contributed by atoms with Gasteiger partial charge in [-0.25, -0.2) is 17.8 Å². The van der Waals surface area contributed by atoms with Crippen LogP contribution in [0.1, 0.15) is 16.1 Å². The van der Waals surface area contributed by atoms with Crippen LogP contribution in [0.3, 0.4) is 0 Å². The Labute approximate surface area is 220 Å². The van der Waals surface area contributed by atoms with Crippen molar-refractivity contribution in [1.82, 2.24) is 24.8 Å². The largest absolute Gasteiger partial charge is 0.378 e. The number of nitrogens with one attached hydrogen (secondary N) is 1. The number of morpholine rings is 1. The zero-order valence-electron chi connectivity index (χ0n) is 20.7. The standard InChI is InChI=1S/C25H28FN7O4S/c26-20-5-3-19(4-6-20)18-28-25(34)21-7-8-23(30-29-21)31-10-12-33(13-11-31)38(35,36)22-2-1-9-27-24(22)32-14-16-37-17-15-32/h1-9H,10-18H2,(H,28,34). The molecule has 200 valence electrons. The molecule has 1 aromatic carbocycles. The lowest BCUT2D eigenvalue weighted by Gasteiger charge is -2.35. The molecule has 0 bridgehead atoms. The fourth-order valence-electron chi connectivity index (χ4n) is 4.38. The van der Waals surface area contributed by atoms with Gasteiger partial charge in [0.2, 0.25) is 10.0 Å². The van der Waals surface area contributed by atoms with Crippen LogP contribution in [-0.4, -0.2) is 86.3 Å². The first-order valence-electron chi connectivity index (χ1n) is 12.3. The molecule has 0 saturated carbocycles. The number of benzene rings is 1. The van der Waals surface area contributed by atoms with Gasteiger partial charge >= 0.3 is 0 Å². The Bertz CT molecular complexity index is 1360. The number of rotatable bonds is 7. The molecule has 5 rings (SSSR count). The van der Waals surface area contributed by atoms with Gasteiger partial charge in [-0.3, -0.25) is 4.79 Å². The number of carbonyl (C=O) groups excluding carboxylic acids is 1. The van der Waals surface area contributed by atoms with Crippen molar-refractivity contribution >= 4 is 27.6 Å². The molecule has 2 aromatic heterocycles. The molecule has 0 radical (unpaired) electrons. The monoisotopic (exact) mass is 541 g/mol. The number of amides is 1. The van der Waals surface area contributed by atoms with Crippen molar-refractivity contribution in [3.05, 3.63) is 71.8 Å². The maximum Gasteiger partial charge on any atom is 0.272 e. The molecule has 1 N–H and O–H groups in total. The quantitative estimate of drug-likeness (QED) is 0.472. The predicted octanol–water partition coefficient (Wildman–Crippen LogP) is 1.29. The Morgan fingerprint density at radius 1 is 0.921 bits per heavy atom. The zero-order chi connectivity index (χ0) is 26.5. The molecule has 2 saturated heterocycles. The van der Waals surface area contributed by atoms with Crippen LogP contribution in [0.2, 0.25) is 0 Å². The zero-order valence-corrected chi connectivity index (χ0v) is 21.5. The van der Waals surface area contributed by atoms with Gasteiger partial charge in [0.15, 0.2) is 11.5 Å². The molecule has 2 fully saturated rings. The van der Waals surface area contributed by atoms with Gasteiger partial charge in [-0.05, 0) is 42.0 Å². The van der Waals surface area contributed by atoms with Gasteiger partial charge in [0.25, 0.3) is 5.91 Å². The van der Waals surface area contributed by atoms with Crippen LogP contribution < -0.4 is 15.1 Å². The van der Waals surface area contributed by atoms with Crippen LogP contribution in [-0.2, 0) is 21.3 Å². The third-order valence-electron chi connectivity index (χ3n) is 6.49. The number of sulfonamides is 1. The second-order valence-corrected chi connectivity index (χ2v) is 10.8. The average Bonchev–Trinajstić information content (AvgIpc) is 2.97. The first kappa shape index (κ1) is 25.9. The lowest BCUT2D eigenvalue weighted by molar-refractivity contribution is 0.0945. The first-order chi connectivity index (χ1) is 18.4. The highest BCUT2D eigenvalue weighted by molar-refractivity contribution is 7.89. The van der Waals surface area contributed by atoms with E-state index in [1.807, 2.05) is 9.80 Å². The van der Waals surface area contributed by atoms with Crippen LogP contribution in [0.15, 0.2) is 59.6 Å². The van der Waals surface area contributed by atoms with Gasteiger partial charge in [0.1, 0.15) is 16.5 Å². The fraction of sp³-hybridized carbons (Fsp3) is 0.360. The fourth-order valence-corrected chi connectivity index (χ4v) is 5.97. The number of pyridine rings is 1. The van der Waals surface area contributed by atoms with Gasteiger partial charge in [0, 0.05) is 52.0 Å². The van der Waals surface area contributed by atoms with Crippen molar-refractivity contribution in [1.29, 1.82) is 0 Å². The summed E-state index contributed by atoms with van der Waals surface area (Å²) in [4.78, 5) is 20.9. The van der Waals surface area contributed by atoms with E-state index in [1.165, 1.54) is 16.4 Å². The summed E-state index contributed by atoms with van der Waals surface area (Å²) < 4.78 is 46.9. The third kappa shape index (κ3) is 5.74. The van der Waals surface area contributed by atoms with E-state index in [0.29, 0.717) is 51.0 Å². The maximum atomic E-state index is 13.5. The molecule has 3 aromatic rings. The smallest absolute Gasteiger partial charge is 0.272 e. The minimum absolute atomic E-state index is 0.157. The highest BCUT2D eigenvalue weighted by atomic mass is 32.2. The van der Waals surface area contributed by atoms with E-state index in [2.05, 4.69) is 20.5 Å². The number of hydrogen-bond acceptors (Lipinski definition) is 9. The number of halogens is 1. The maximum absolute atomic E-state index is 13.5. The van der Waals surface area contributed by atoms with Crippen molar-refractivity contribution in [3.63, 3.8) is 0 Å². The van der Waals surface area contributed by atoms with E-state index in [1.54, 1.807) is 42.6 Å². The van der Waals surface area contributed by atoms with Gasteiger partial charge in [0.05, 0.1) is 13.2 Å². The molecule has 0 atom stereocenters. The Morgan fingerprint density at radius 3 is 2.34 bits per heavy atom. The van der Waals surface area contributed by atoms with E-state index in [9.17, 15) is 17.6 Å². The molecule has 2 aliphatic rings. The van der Waals surface area contributed by atoms with Crippen molar-refractivity contribution in [2.45, 2.75) is 11.4 Å². The van der Waals surface area contributed by atoms with E-state index in [0.717, 1.165) is 5.56 Å². The van der Waals surface area contributed by atoms with Crippen LogP contribution >= 0.6 is 0 Å². The highest BCUT2D eigenvalue weighted by Crippen LogP contribution is 2.27. The summed E-state index contributed by atoms with van der Waals surface area (Å²) in [7, 11) is -3.75. The molecule has 11 nitrogen and oxygen atoms in total. The number of anilines is 2. The Kier molecular flexibility index (Phi) is 7.77. The van der Waals surface area contributed by atoms with Gasteiger partial charge in [-0.1, -0.05) is 12.1 Å². The highest BCUT2D eigenvalue weighted by Gasteiger charge is 2.33. The number of carbonyl (C=O) groups is 1. The predicted molar refractivity (Wildman–Crippen MR) is 138 cm³/mol. The van der Waals surface area contributed by atoms with Gasteiger partial charge in [-0.2, -0.15) is 4.31 Å². The molecule has 0 unspecified atom stereocenters. The number of aromatic nitrogens is 3. The number of hydrogen-bond donors (Lipinski definition) is 1. The molecular weight excluding hydrogens is 513 g/mol. The van der Waals surface area contributed by atoms with Crippen molar-refractivity contribution < 1.29 is 22.3 Å². The van der Waals surface area contributed by atoms with E-state index < -0.39 is 15.9 Å². The summed E-state index contributed by atoms with van der Waals surface area (Å²) in [5.41, 5.74) is 0.921. The average molecular weight is 542 g/mol. The minimum Gasteiger partial charge on any atom is -0.378 e. The number of nitrogens with zero attached hydrogens (tertiary/aromatic N) is 6. The molecular formula is C25H28FN7O4S. The van der Waals surface area contributed by atoms with Crippen molar-refractivity contribution in [2.75, 3.05) is 62.3 Å². The summed E-state index contributed by atoms with van der Waals surface area (Å²) in [6.07, 6.45) is 1.60. The van der Waals surface area contributed by atoms with E-state index in [-0.39, 0.29) is 36.0 Å². The number of piperazine rings is 1. The molecule has 13 heteroatoms. The minimum atomic E-state index is -3.75. The summed E-state index contributed by atoms with van der Waals surface area (Å²) in [6, 6.07) is 12.4. The van der Waals surface area contributed by atoms with Crippen LogP contribution in [0.4, 0.5) is 16.0 Å². The van der Waals surface area contributed by atoms with Crippen LogP contribution in [0.25, 0.3) is 0 Å². The topological polar surface area (TPSA) is 121 Å². The Balaban J connectivity index is 1.19. The summed E-state index contributed by atoms with van der Waals surface area (Å²) in [5, 5.41) is 11.0. The third-order valence-corrected chi connectivity index (χ3v) is 8.41. The molecule has 0 aliphatic carbocycles. The van der Waals surface area contributed by atoms with Gasteiger partial charge in [-0.15, -0.1) is 10.2 Å². The molecule has 4 heterocycles. The summed E-state index contributed by atoms with van der Waals surface area (Å²) in [5.74, 6) is 0.288. The first-order valence-corrected chi connectivity index (χ1v) is 13.7. The molecule has 38 heavy (non-hydrogen) atoms. The lowest BCUT2D eigenvalue weighted by Crippen LogP contribution is -2.49. The van der Waals surface area contributed by atoms with Crippen LogP contribution in [0.5, 0.6) is 0 Å². The summed E-state index contributed by atoms with van der Waals surface area (Å²) in [6.45, 7) is 3.90. The van der Waals surface area contributed by atoms with Crippen molar-refractivity contribution in [3.8, 4) is 0 Å². The molecule has 1 amide bonds. The van der Waals surface area contributed by atoms with E-state index >= 15 is 0 Å². The molecule has 2 aliphatic heterocycles. The second kappa shape index (κ2) is 11.4. The van der Waals surface area contributed by atoms with E-state index in [4.69, 9.17) is 4.74 Å². The van der Waals surface area contributed by atoms with Crippen molar-refractivity contribution in [2.24, 2.45) is 0 Å². The summed E-state index contributed by atoms with van der Waals surface area (Å²) >= 11 is 0. The molecule has 0 spiro atoms. The van der Waals surface area contributed by atoms with Gasteiger partial charge < -0.3 is 19.9 Å². The second-order valence-electron chi connectivity index (χ2n) is 8.90. The SMILES string of the molecule is O=C(NCc1ccc(F)cc1)c1ccc(N2CCN(S(=O)(=O)c3cccnc3N3CCOCC3)CC2)nn1. The Morgan fingerprint density at radius 2 is 1.66 bits per heavy atom. The normalized spacial score (nSPS) is 16.9. The Hall–Kier alpha value is -3.68.